The van der Waals surface area contributed by atoms with Crippen molar-refractivity contribution in [2.75, 3.05) is 0 Å². The number of nitrogens with one attached hydrogen (secondary N) is 1. The number of aromatic nitrogens is 1. The van der Waals surface area contributed by atoms with Crippen LogP contribution >= 0.6 is 11.3 Å². The van der Waals surface area contributed by atoms with Gasteiger partial charge in [-0.3, -0.25) is 0 Å². The minimum atomic E-state index is 0.217. The lowest BCUT2D eigenvalue weighted by Gasteiger charge is -2.20. The molecule has 0 aliphatic heterocycles. The van der Waals surface area contributed by atoms with Crippen molar-refractivity contribution < 1.29 is 0 Å². The molecule has 0 aliphatic carbocycles. The Morgan fingerprint density at radius 1 is 1.19 bits per heavy atom. The first-order valence-corrected chi connectivity index (χ1v) is 8.49. The van der Waals surface area contributed by atoms with E-state index in [9.17, 15) is 0 Å². The molecular formula is C18H26N2S. The molecule has 3 heteroatoms. The first-order chi connectivity index (χ1) is 9.90. The summed E-state index contributed by atoms with van der Waals surface area (Å²) in [5.74, 6) is 0. The Kier molecular flexibility index (Phi) is 5.17. The third kappa shape index (κ3) is 4.39. The second-order valence-corrected chi connectivity index (χ2v) is 7.75. The van der Waals surface area contributed by atoms with E-state index < -0.39 is 0 Å². The summed E-state index contributed by atoms with van der Waals surface area (Å²) in [7, 11) is 0. The van der Waals surface area contributed by atoms with Crippen LogP contribution < -0.4 is 5.32 Å². The average molecular weight is 302 g/mol. The highest BCUT2D eigenvalue weighted by atomic mass is 32.1. The molecule has 2 aromatic rings. The van der Waals surface area contributed by atoms with Gasteiger partial charge in [0.2, 0.25) is 0 Å². The van der Waals surface area contributed by atoms with Crippen LogP contribution in [0, 0.1) is 0 Å². The Hall–Kier alpha value is -1.19. The highest BCUT2D eigenvalue weighted by Crippen LogP contribution is 2.24. The third-order valence-corrected chi connectivity index (χ3v) is 4.90. The summed E-state index contributed by atoms with van der Waals surface area (Å²) >= 11 is 1.80. The fourth-order valence-electron chi connectivity index (χ4n) is 2.24. The van der Waals surface area contributed by atoms with E-state index >= 15 is 0 Å². The van der Waals surface area contributed by atoms with E-state index in [0.717, 1.165) is 13.0 Å². The summed E-state index contributed by atoms with van der Waals surface area (Å²) in [5, 5.41) is 4.80. The number of aryl methyl sites for hydroxylation is 1. The second kappa shape index (κ2) is 6.71. The van der Waals surface area contributed by atoms with Gasteiger partial charge in [-0.15, -0.1) is 11.3 Å². The quantitative estimate of drug-likeness (QED) is 0.853. The van der Waals surface area contributed by atoms with E-state index in [2.05, 4.69) is 69.2 Å². The van der Waals surface area contributed by atoms with Crippen LogP contribution in [-0.2, 0) is 18.4 Å². The monoisotopic (exact) mass is 302 g/mol. The van der Waals surface area contributed by atoms with Crippen LogP contribution in [0.3, 0.4) is 0 Å². The number of benzene rings is 1. The molecule has 21 heavy (non-hydrogen) atoms. The first kappa shape index (κ1) is 16.2. The van der Waals surface area contributed by atoms with Crippen LogP contribution in [0.2, 0.25) is 0 Å². The van der Waals surface area contributed by atoms with Gasteiger partial charge in [0.05, 0.1) is 5.01 Å². The Morgan fingerprint density at radius 2 is 1.86 bits per heavy atom. The molecule has 0 amide bonds. The maximum absolute atomic E-state index is 4.40. The van der Waals surface area contributed by atoms with Crippen molar-refractivity contribution in [2.45, 2.75) is 59.0 Å². The van der Waals surface area contributed by atoms with Crippen molar-refractivity contribution in [3.63, 3.8) is 0 Å². The maximum Gasteiger partial charge on any atom is 0.0925 e. The highest BCUT2D eigenvalue weighted by molar-refractivity contribution is 7.11. The Labute approximate surface area is 132 Å². The standard InChI is InChI=1S/C18H26N2S/c1-6-17-20-12-16(21-17)11-19-13(2)14-7-9-15(10-8-14)18(3,4)5/h7-10,12-13,19H,6,11H2,1-5H3. The number of hydrogen-bond donors (Lipinski definition) is 1. The van der Waals surface area contributed by atoms with Crippen molar-refractivity contribution in [2.24, 2.45) is 0 Å². The van der Waals surface area contributed by atoms with Crippen LogP contribution in [0.5, 0.6) is 0 Å². The summed E-state index contributed by atoms with van der Waals surface area (Å²) in [4.78, 5) is 5.71. The molecule has 0 fully saturated rings. The zero-order valence-corrected chi connectivity index (χ0v) is 14.6. The molecule has 0 aliphatic rings. The van der Waals surface area contributed by atoms with E-state index in [4.69, 9.17) is 0 Å². The van der Waals surface area contributed by atoms with E-state index in [-0.39, 0.29) is 5.41 Å². The Morgan fingerprint density at radius 3 is 2.38 bits per heavy atom. The third-order valence-electron chi connectivity index (χ3n) is 3.76. The maximum atomic E-state index is 4.40. The number of hydrogen-bond acceptors (Lipinski definition) is 3. The van der Waals surface area contributed by atoms with Gasteiger partial charge in [-0.1, -0.05) is 52.0 Å². The van der Waals surface area contributed by atoms with Crippen LogP contribution in [-0.4, -0.2) is 4.98 Å². The summed E-state index contributed by atoms with van der Waals surface area (Å²) in [5.41, 5.74) is 2.94. The zero-order chi connectivity index (χ0) is 15.5. The van der Waals surface area contributed by atoms with Crippen LogP contribution in [0.4, 0.5) is 0 Å². The molecule has 0 saturated carbocycles. The van der Waals surface area contributed by atoms with Gasteiger partial charge < -0.3 is 5.32 Å². The summed E-state index contributed by atoms with van der Waals surface area (Å²) in [6, 6.07) is 9.32. The Bertz CT molecular complexity index is 564. The zero-order valence-electron chi connectivity index (χ0n) is 13.7. The number of thiazole rings is 1. The molecule has 0 spiro atoms. The molecule has 2 rings (SSSR count). The smallest absolute Gasteiger partial charge is 0.0925 e. The minimum absolute atomic E-state index is 0.217. The molecular weight excluding hydrogens is 276 g/mol. The van der Waals surface area contributed by atoms with Gasteiger partial charge in [-0.2, -0.15) is 0 Å². The lowest BCUT2D eigenvalue weighted by molar-refractivity contribution is 0.572. The molecule has 0 bridgehead atoms. The first-order valence-electron chi connectivity index (χ1n) is 7.67. The van der Waals surface area contributed by atoms with Gasteiger partial charge in [0.25, 0.3) is 0 Å². The largest absolute Gasteiger partial charge is 0.305 e. The van der Waals surface area contributed by atoms with Crippen molar-refractivity contribution >= 4 is 11.3 Å². The minimum Gasteiger partial charge on any atom is -0.305 e. The van der Waals surface area contributed by atoms with Gasteiger partial charge in [-0.05, 0) is 29.9 Å². The van der Waals surface area contributed by atoms with Crippen LogP contribution in [0.15, 0.2) is 30.5 Å². The fourth-order valence-corrected chi connectivity index (χ4v) is 3.05. The molecule has 1 aromatic carbocycles. The molecule has 1 atom stereocenters. The number of rotatable bonds is 5. The molecule has 2 nitrogen and oxygen atoms in total. The van der Waals surface area contributed by atoms with E-state index in [1.54, 1.807) is 11.3 Å². The van der Waals surface area contributed by atoms with Gasteiger partial charge >= 0.3 is 0 Å². The molecule has 1 unspecified atom stereocenters. The lowest BCUT2D eigenvalue weighted by atomic mass is 9.86. The van der Waals surface area contributed by atoms with Gasteiger partial charge in [-0.25, -0.2) is 4.98 Å². The topological polar surface area (TPSA) is 24.9 Å². The van der Waals surface area contributed by atoms with Crippen molar-refractivity contribution in [1.82, 2.24) is 10.3 Å². The highest BCUT2D eigenvalue weighted by Gasteiger charge is 2.14. The predicted octanol–water partition coefficient (Wildman–Crippen LogP) is 4.85. The van der Waals surface area contributed by atoms with E-state index in [0.29, 0.717) is 6.04 Å². The normalized spacial score (nSPS) is 13.4. The van der Waals surface area contributed by atoms with E-state index in [1.807, 2.05) is 6.20 Å². The average Bonchev–Trinajstić information content (AvgIpc) is 2.92. The van der Waals surface area contributed by atoms with Gasteiger partial charge in [0, 0.05) is 23.7 Å². The van der Waals surface area contributed by atoms with Crippen molar-refractivity contribution in [3.05, 3.63) is 51.5 Å². The van der Waals surface area contributed by atoms with Crippen molar-refractivity contribution in [1.29, 1.82) is 0 Å². The lowest BCUT2D eigenvalue weighted by Crippen LogP contribution is -2.18. The molecule has 1 N–H and O–H groups in total. The van der Waals surface area contributed by atoms with Crippen LogP contribution in [0.1, 0.15) is 61.7 Å². The van der Waals surface area contributed by atoms with Gasteiger partial charge in [0.15, 0.2) is 0 Å². The van der Waals surface area contributed by atoms with Gasteiger partial charge in [0.1, 0.15) is 0 Å². The molecule has 0 radical (unpaired) electrons. The fraction of sp³-hybridized carbons (Fsp3) is 0.500. The van der Waals surface area contributed by atoms with E-state index in [1.165, 1.54) is 21.0 Å². The molecule has 114 valence electrons. The second-order valence-electron chi connectivity index (χ2n) is 6.55. The molecule has 1 aromatic heterocycles. The van der Waals surface area contributed by atoms with Crippen molar-refractivity contribution in [3.8, 4) is 0 Å². The number of nitrogens with zero attached hydrogens (tertiary/aromatic N) is 1. The summed E-state index contributed by atoms with van der Waals surface area (Å²) in [6.07, 6.45) is 3.01. The Balaban J connectivity index is 1.95. The van der Waals surface area contributed by atoms with Crippen LogP contribution in [0.25, 0.3) is 0 Å². The predicted molar refractivity (Wildman–Crippen MR) is 91.9 cm³/mol. The SMILES string of the molecule is CCc1ncc(CNC(C)c2ccc(C(C)(C)C)cc2)s1. The molecule has 0 saturated heterocycles. The molecule has 1 heterocycles. The summed E-state index contributed by atoms with van der Waals surface area (Å²) < 4.78 is 0. The summed E-state index contributed by atoms with van der Waals surface area (Å²) in [6.45, 7) is 12.0.